The molecule has 2 atom stereocenters. The Balaban J connectivity index is 1.48. The van der Waals surface area contributed by atoms with E-state index in [9.17, 15) is 23.1 Å². The molecule has 1 fully saturated rings. The predicted octanol–water partition coefficient (Wildman–Crippen LogP) is 1.47. The molecule has 0 aliphatic carbocycles. The minimum absolute atomic E-state index is 0.0342. The molecule has 4 rings (SSSR count). The van der Waals surface area contributed by atoms with Crippen LogP contribution in [0, 0.1) is 6.92 Å². The van der Waals surface area contributed by atoms with Gasteiger partial charge in [-0.05, 0) is 53.9 Å². The van der Waals surface area contributed by atoms with Crippen molar-refractivity contribution < 1.29 is 33.1 Å². The molecule has 0 radical (unpaired) electrons. The molecule has 1 aliphatic heterocycles. The van der Waals surface area contributed by atoms with E-state index in [1.807, 2.05) is 37.3 Å². The van der Waals surface area contributed by atoms with Gasteiger partial charge in [0.05, 0.1) is 17.5 Å². The number of rotatable bonds is 8. The third-order valence-corrected chi connectivity index (χ3v) is 7.77. The molecule has 1 aliphatic rings. The van der Waals surface area contributed by atoms with Crippen LogP contribution in [0.4, 0.5) is 0 Å². The van der Waals surface area contributed by atoms with Gasteiger partial charge in [-0.25, -0.2) is 18.6 Å². The summed E-state index contributed by atoms with van der Waals surface area (Å²) in [5.74, 6) is -0.746. The number of hydroxylamine groups is 1. The van der Waals surface area contributed by atoms with Gasteiger partial charge in [0.15, 0.2) is 5.60 Å². The average Bonchev–Trinajstić information content (AvgIpc) is 2.88. The van der Waals surface area contributed by atoms with E-state index in [0.29, 0.717) is 18.8 Å². The molecule has 0 bridgehead atoms. The largest absolute Gasteiger partial charge is 0.489 e. The fourth-order valence-corrected chi connectivity index (χ4v) is 5.73. The summed E-state index contributed by atoms with van der Waals surface area (Å²) in [5.41, 5.74) is 1.11. The van der Waals surface area contributed by atoms with Gasteiger partial charge in [0.25, 0.3) is 5.91 Å². The molecule has 3 aromatic rings. The SMILES string of the molecule is Cc1cc(COc2ccc(S(=O)(=O)N[C@@H]3CCN(C=O)C[C@]3(O)C(=O)NO)cc2)c2ccccc2c1. The maximum atomic E-state index is 13.0. The molecule has 3 aromatic carbocycles. The molecular formula is C25H27N3O7S. The number of aryl methyl sites for hydroxylation is 1. The standard InChI is InChI=1S/C25H27N3O7S/c1-17-12-18-4-2-3-5-22(18)19(13-17)14-35-20-6-8-21(9-7-20)36(33,34)27-23-10-11-28(16-29)15-25(23,31)24(30)26-32/h2-9,12-13,16,23,27,31-32H,10-11,14-15H2,1H3,(H,26,30)/t23-,25-/m1/s1. The number of piperidine rings is 1. The number of β-amino-alcohol motifs (C(OH)–C–C–N with tert-alkyl or cyclic N) is 1. The molecule has 36 heavy (non-hydrogen) atoms. The minimum Gasteiger partial charge on any atom is -0.489 e. The highest BCUT2D eigenvalue weighted by Gasteiger charge is 2.49. The fourth-order valence-electron chi connectivity index (χ4n) is 4.41. The molecule has 1 heterocycles. The number of benzene rings is 3. The van der Waals surface area contributed by atoms with Crippen molar-refractivity contribution in [2.45, 2.75) is 36.5 Å². The lowest BCUT2D eigenvalue weighted by molar-refractivity contribution is -0.158. The van der Waals surface area contributed by atoms with E-state index >= 15 is 0 Å². The van der Waals surface area contributed by atoms with Crippen LogP contribution in [-0.2, 0) is 26.2 Å². The van der Waals surface area contributed by atoms with E-state index < -0.39 is 34.1 Å². The quantitative estimate of drug-likeness (QED) is 0.203. The van der Waals surface area contributed by atoms with E-state index in [1.54, 1.807) is 0 Å². The number of aliphatic hydroxyl groups is 1. The van der Waals surface area contributed by atoms with E-state index in [4.69, 9.17) is 9.94 Å². The first kappa shape index (κ1) is 25.6. The van der Waals surface area contributed by atoms with E-state index in [-0.39, 0.29) is 17.9 Å². The first-order valence-corrected chi connectivity index (χ1v) is 12.7. The van der Waals surface area contributed by atoms with Crippen molar-refractivity contribution in [3.8, 4) is 5.75 Å². The molecule has 190 valence electrons. The molecule has 0 saturated carbocycles. The summed E-state index contributed by atoms with van der Waals surface area (Å²) in [7, 11) is -4.15. The van der Waals surface area contributed by atoms with Gasteiger partial charge in [0.2, 0.25) is 16.4 Å². The molecule has 10 nitrogen and oxygen atoms in total. The number of carbonyl (C=O) groups excluding carboxylic acids is 2. The number of fused-ring (bicyclic) bond motifs is 1. The number of carbonyl (C=O) groups is 2. The van der Waals surface area contributed by atoms with Crippen LogP contribution in [0.5, 0.6) is 5.75 Å². The summed E-state index contributed by atoms with van der Waals surface area (Å²) in [5, 5.41) is 22.0. The Morgan fingerprint density at radius 3 is 2.61 bits per heavy atom. The summed E-state index contributed by atoms with van der Waals surface area (Å²) < 4.78 is 34.2. The van der Waals surface area contributed by atoms with Gasteiger partial charge < -0.3 is 14.7 Å². The Labute approximate surface area is 208 Å². The lowest BCUT2D eigenvalue weighted by Crippen LogP contribution is -2.68. The zero-order valence-corrected chi connectivity index (χ0v) is 20.4. The van der Waals surface area contributed by atoms with Crippen molar-refractivity contribution in [2.75, 3.05) is 13.1 Å². The monoisotopic (exact) mass is 513 g/mol. The van der Waals surface area contributed by atoms with Crippen LogP contribution in [0.15, 0.2) is 65.6 Å². The predicted molar refractivity (Wildman–Crippen MR) is 131 cm³/mol. The molecule has 0 aromatic heterocycles. The van der Waals surface area contributed by atoms with Crippen LogP contribution in [-0.4, -0.2) is 60.7 Å². The first-order valence-electron chi connectivity index (χ1n) is 11.3. The minimum atomic E-state index is -4.15. The number of ether oxygens (including phenoxy) is 1. The maximum absolute atomic E-state index is 13.0. The first-order chi connectivity index (χ1) is 17.2. The van der Waals surface area contributed by atoms with E-state index in [1.165, 1.54) is 29.7 Å². The van der Waals surface area contributed by atoms with Crippen molar-refractivity contribution in [1.82, 2.24) is 15.1 Å². The van der Waals surface area contributed by atoms with E-state index in [2.05, 4.69) is 10.8 Å². The van der Waals surface area contributed by atoms with Crippen molar-refractivity contribution >= 4 is 33.1 Å². The highest BCUT2D eigenvalue weighted by molar-refractivity contribution is 7.89. The number of nitrogens with one attached hydrogen (secondary N) is 2. The second kappa shape index (κ2) is 10.2. The molecule has 0 spiro atoms. The van der Waals surface area contributed by atoms with Gasteiger partial charge >= 0.3 is 0 Å². The number of nitrogens with zero attached hydrogens (tertiary/aromatic N) is 1. The van der Waals surface area contributed by atoms with Crippen molar-refractivity contribution in [2.24, 2.45) is 0 Å². The Bertz CT molecular complexity index is 1380. The molecule has 1 saturated heterocycles. The highest BCUT2D eigenvalue weighted by Crippen LogP contribution is 2.26. The summed E-state index contributed by atoms with van der Waals surface area (Å²) in [6, 6.07) is 16.6. The normalized spacial score (nSPS) is 20.2. The lowest BCUT2D eigenvalue weighted by atomic mass is 9.87. The molecule has 0 unspecified atom stereocenters. The maximum Gasteiger partial charge on any atom is 0.278 e. The van der Waals surface area contributed by atoms with Gasteiger partial charge in [-0.1, -0.05) is 42.0 Å². The Morgan fingerprint density at radius 1 is 1.19 bits per heavy atom. The van der Waals surface area contributed by atoms with Gasteiger partial charge in [-0.15, -0.1) is 0 Å². The van der Waals surface area contributed by atoms with Crippen LogP contribution in [0.2, 0.25) is 0 Å². The number of sulfonamides is 1. The smallest absolute Gasteiger partial charge is 0.278 e. The summed E-state index contributed by atoms with van der Waals surface area (Å²) >= 11 is 0. The van der Waals surface area contributed by atoms with Gasteiger partial charge in [-0.2, -0.15) is 0 Å². The zero-order valence-electron chi connectivity index (χ0n) is 19.5. The summed E-state index contributed by atoms with van der Waals surface area (Å²) in [4.78, 5) is 24.2. The van der Waals surface area contributed by atoms with Crippen molar-refractivity contribution in [3.05, 3.63) is 71.8 Å². The van der Waals surface area contributed by atoms with Gasteiger partial charge in [0.1, 0.15) is 12.4 Å². The van der Waals surface area contributed by atoms with Gasteiger partial charge in [0, 0.05) is 6.54 Å². The molecule has 11 heteroatoms. The van der Waals surface area contributed by atoms with Gasteiger partial charge in [-0.3, -0.25) is 14.8 Å². The molecule has 2 amide bonds. The van der Waals surface area contributed by atoms with E-state index in [0.717, 1.165) is 26.8 Å². The topological polar surface area (TPSA) is 145 Å². The van der Waals surface area contributed by atoms with Crippen LogP contribution in [0.1, 0.15) is 17.5 Å². The van der Waals surface area contributed by atoms with Crippen molar-refractivity contribution in [3.63, 3.8) is 0 Å². The average molecular weight is 514 g/mol. The van der Waals surface area contributed by atoms with Crippen LogP contribution < -0.4 is 14.9 Å². The zero-order chi connectivity index (χ0) is 25.9. The highest BCUT2D eigenvalue weighted by atomic mass is 32.2. The Morgan fingerprint density at radius 2 is 1.92 bits per heavy atom. The fraction of sp³-hybridized carbons (Fsp3) is 0.280. The summed E-state index contributed by atoms with van der Waals surface area (Å²) in [6.07, 6.45) is 0.409. The number of likely N-dealkylation sites (tertiary alicyclic amines) is 1. The Hall–Kier alpha value is -3.51. The second-order valence-corrected chi connectivity index (χ2v) is 10.5. The van der Waals surface area contributed by atoms with Crippen LogP contribution >= 0.6 is 0 Å². The number of hydrogen-bond acceptors (Lipinski definition) is 7. The lowest BCUT2D eigenvalue weighted by Gasteiger charge is -2.41. The van der Waals surface area contributed by atoms with Crippen LogP contribution in [0.3, 0.4) is 0 Å². The second-order valence-electron chi connectivity index (χ2n) is 8.81. The number of amides is 2. The van der Waals surface area contributed by atoms with Crippen LogP contribution in [0.25, 0.3) is 10.8 Å². The Kier molecular flexibility index (Phi) is 7.27. The summed E-state index contributed by atoms with van der Waals surface area (Å²) in [6.45, 7) is 1.95. The number of hydrogen-bond donors (Lipinski definition) is 4. The molecular weight excluding hydrogens is 486 g/mol. The third kappa shape index (κ3) is 5.19. The van der Waals surface area contributed by atoms with Crippen molar-refractivity contribution in [1.29, 1.82) is 0 Å². The molecule has 4 N–H and O–H groups in total. The third-order valence-electron chi connectivity index (χ3n) is 6.29.